The Labute approximate surface area is 337 Å². The van der Waals surface area contributed by atoms with Crippen LogP contribution in [0.1, 0.15) is 0 Å². The van der Waals surface area contributed by atoms with Crippen LogP contribution >= 0.6 is 29.5 Å². The van der Waals surface area contributed by atoms with Crippen LogP contribution in [-0.2, 0) is 52.9 Å². The first-order chi connectivity index (χ1) is 21.9. The van der Waals surface area contributed by atoms with Gasteiger partial charge in [-0.2, -0.15) is 0 Å². The van der Waals surface area contributed by atoms with Crippen LogP contribution < -0.4 is 49.2 Å². The van der Waals surface area contributed by atoms with Crippen molar-refractivity contribution in [2.24, 2.45) is 0 Å². The van der Waals surface area contributed by atoms with Crippen molar-refractivity contribution in [3.63, 3.8) is 0 Å². The first-order valence-corrected chi connectivity index (χ1v) is 27.0. The Balaban J connectivity index is 0. The molecule has 4 aromatic carbocycles. The second-order valence-electron chi connectivity index (χ2n) is 11.7. The SMILES string of the molecule is CP(C)C.CP(C)C.[Au].[Au].[CH2-]P([CH2-])(O[Cl+3]([O-])([O-])[O-])(c1ccccc1)c1ccccc1.[CH2-]P([CH2-])(O[Cl+3]([O-])([O-])[O-])(c1ccccc1)c1ccccc1. The fourth-order valence-corrected chi connectivity index (χ4v) is 12.6. The van der Waals surface area contributed by atoms with E-state index < -0.39 is 34.1 Å². The van der Waals surface area contributed by atoms with Crippen LogP contribution in [0.25, 0.3) is 0 Å². The van der Waals surface area contributed by atoms with E-state index in [1.54, 1.807) is 121 Å². The second-order valence-corrected chi connectivity index (χ2v) is 27.4. The van der Waals surface area contributed by atoms with Gasteiger partial charge in [-0.15, -0.1) is 15.8 Å². The molecule has 0 N–H and O–H groups in total. The monoisotopic (exact) mass is 1170 g/mol. The van der Waals surface area contributed by atoms with Crippen molar-refractivity contribution in [2.75, 3.05) is 40.0 Å². The molecule has 0 saturated carbocycles. The van der Waals surface area contributed by atoms with E-state index in [9.17, 15) is 28.0 Å². The van der Waals surface area contributed by atoms with Crippen LogP contribution in [-0.4, -0.2) is 40.0 Å². The van der Waals surface area contributed by atoms with Gasteiger partial charge in [-0.25, -0.2) is 0 Å². The van der Waals surface area contributed by atoms with Gasteiger partial charge in [-0.1, -0.05) is 0 Å². The molecule has 16 heteroatoms. The van der Waals surface area contributed by atoms with Gasteiger partial charge in [0.2, 0.25) is 0 Å². The standard InChI is InChI=1S/2C14H14ClO4P.2C3H9P.2Au/c2*1-20(2,19-15(16,17)18,13-9-5-3-6-10-13)14-11-7-4-8-12-14;2*1-4(2)3;;/h2*3-12H,1-2H2;2*1-3H3;;/q2*-2;;;;. The zero-order valence-corrected chi connectivity index (χ0v) is 38.2. The van der Waals surface area contributed by atoms with Crippen LogP contribution in [0.3, 0.4) is 0 Å². The summed E-state index contributed by atoms with van der Waals surface area (Å²) in [7, 11) is -8.55. The van der Waals surface area contributed by atoms with Gasteiger partial charge >= 0.3 is 239 Å². The van der Waals surface area contributed by atoms with Crippen LogP contribution in [0.15, 0.2) is 121 Å². The zero-order valence-electron chi connectivity index (χ0n) is 28.8. The molecule has 0 saturated heterocycles. The molecule has 0 amide bonds. The Bertz CT molecular complexity index is 1290. The molecule has 8 nitrogen and oxygen atoms in total. The van der Waals surface area contributed by atoms with Crippen molar-refractivity contribution < 1.29 is 101 Å². The van der Waals surface area contributed by atoms with Crippen molar-refractivity contribution in [3.05, 3.63) is 148 Å². The third-order valence-corrected chi connectivity index (χ3v) is 15.9. The van der Waals surface area contributed by atoms with Crippen molar-refractivity contribution >= 4 is 50.7 Å². The molecule has 4 rings (SSSR count). The number of hydrogen-bond acceptors (Lipinski definition) is 8. The van der Waals surface area contributed by atoms with Crippen molar-refractivity contribution in [2.45, 2.75) is 0 Å². The second kappa shape index (κ2) is 22.0. The Morgan fingerprint density at radius 2 is 0.540 bits per heavy atom. The third kappa shape index (κ3) is 17.7. The third-order valence-electron chi connectivity index (χ3n) is 5.93. The summed E-state index contributed by atoms with van der Waals surface area (Å²) in [6.07, 6.45) is 0. The molecule has 290 valence electrons. The number of hydrogen-bond donors (Lipinski definition) is 0. The average molecular weight is 1170 g/mol. The summed E-state index contributed by atoms with van der Waals surface area (Å²) in [4.78, 5) is 0. The molecule has 0 aliphatic carbocycles. The normalized spacial score (nSPS) is 13.1. The fourth-order valence-electron chi connectivity index (χ4n) is 3.96. The maximum absolute atomic E-state index is 11.1. The number of rotatable bonds is 8. The van der Waals surface area contributed by atoms with Gasteiger partial charge in [0.1, 0.15) is 0 Å². The summed E-state index contributed by atoms with van der Waals surface area (Å²) >= 11 is 0. The molecule has 0 heterocycles. The van der Waals surface area contributed by atoms with E-state index in [-0.39, 0.29) is 44.8 Å². The van der Waals surface area contributed by atoms with Crippen LogP contribution in [0.4, 0.5) is 0 Å². The van der Waals surface area contributed by atoms with E-state index in [2.05, 4.69) is 66.6 Å². The van der Waals surface area contributed by atoms with Gasteiger partial charge in [0.05, 0.1) is 0 Å². The van der Waals surface area contributed by atoms with E-state index in [1.807, 2.05) is 0 Å². The summed E-state index contributed by atoms with van der Waals surface area (Å²) < 4.78 is 76.6. The van der Waals surface area contributed by atoms with Crippen LogP contribution in [0.2, 0.25) is 0 Å². The minimum absolute atomic E-state index is 0. The summed E-state index contributed by atoms with van der Waals surface area (Å²) in [6.45, 7) is 21.1. The molecule has 0 fully saturated rings. The zero-order chi connectivity index (χ0) is 36.9. The van der Waals surface area contributed by atoms with Crippen LogP contribution in [0, 0.1) is 47.1 Å². The van der Waals surface area contributed by atoms with Crippen molar-refractivity contribution in [1.29, 1.82) is 0 Å². The molecule has 0 atom stereocenters. The predicted octanol–water partition coefficient (Wildman–Crippen LogP) is 1.92. The summed E-state index contributed by atoms with van der Waals surface area (Å²) in [5.41, 5.74) is 0. The molecular formula is C34H46Au2Cl2O8P4-4. The first-order valence-electron chi connectivity index (χ1n) is 14.1. The van der Waals surface area contributed by atoms with Gasteiger partial charge in [0.15, 0.2) is 0 Å². The molecular weight excluding hydrogens is 1130 g/mol. The Morgan fingerprint density at radius 3 is 0.660 bits per heavy atom. The first kappa shape index (κ1) is 52.4. The molecule has 0 bridgehead atoms. The van der Waals surface area contributed by atoms with E-state index in [4.69, 9.17) is 8.15 Å². The summed E-state index contributed by atoms with van der Waals surface area (Å²) in [5.74, 6) is 0. The van der Waals surface area contributed by atoms with Gasteiger partial charge < -0.3 is 0 Å². The quantitative estimate of drug-likeness (QED) is 0.147. The topological polar surface area (TPSA) is 157 Å². The number of benzene rings is 4. The van der Waals surface area contributed by atoms with Crippen molar-refractivity contribution in [1.82, 2.24) is 0 Å². The Morgan fingerprint density at radius 1 is 0.400 bits per heavy atom. The maximum atomic E-state index is 11.1. The predicted molar refractivity (Wildman–Crippen MR) is 191 cm³/mol. The molecule has 0 aliphatic heterocycles. The van der Waals surface area contributed by atoms with Crippen LogP contribution in [0.5, 0.6) is 0 Å². The summed E-state index contributed by atoms with van der Waals surface area (Å²) in [5, 5.41) is 1.93. The van der Waals surface area contributed by atoms with E-state index in [1.165, 1.54) is 0 Å². The van der Waals surface area contributed by atoms with Crippen molar-refractivity contribution in [3.8, 4) is 0 Å². The molecule has 0 unspecified atom stereocenters. The molecule has 4 aromatic rings. The van der Waals surface area contributed by atoms with E-state index in [0.717, 1.165) is 0 Å². The van der Waals surface area contributed by atoms with Gasteiger partial charge in [-0.3, -0.25) is 0 Å². The fraction of sp³-hybridized carbons (Fsp3) is 0.176. The van der Waals surface area contributed by atoms with E-state index in [0.29, 0.717) is 37.1 Å². The van der Waals surface area contributed by atoms with Gasteiger partial charge in [0, 0.05) is 44.8 Å². The minimum atomic E-state index is -4.66. The van der Waals surface area contributed by atoms with Gasteiger partial charge in [0.25, 0.3) is 0 Å². The molecule has 0 aromatic heterocycles. The summed E-state index contributed by atoms with van der Waals surface area (Å²) in [6, 6.07) is 34.1. The average Bonchev–Trinajstić information content (AvgIpc) is 2.97. The molecule has 2 radical (unpaired) electrons. The molecule has 50 heavy (non-hydrogen) atoms. The molecule has 0 aliphatic rings. The van der Waals surface area contributed by atoms with E-state index >= 15 is 0 Å². The Hall–Kier alpha value is 0.341. The number of halogens is 2. The Kier molecular flexibility index (Phi) is 23.1. The molecule has 0 spiro atoms. The van der Waals surface area contributed by atoms with Gasteiger partial charge in [-0.05, 0) is 40.0 Å².